The highest BCUT2D eigenvalue weighted by molar-refractivity contribution is 7.98. The molecule has 0 bridgehead atoms. The van der Waals surface area contributed by atoms with E-state index in [-0.39, 0.29) is 5.95 Å². The zero-order valence-electron chi connectivity index (χ0n) is 10.2. The van der Waals surface area contributed by atoms with Crippen molar-refractivity contribution in [3.8, 4) is 11.4 Å². The van der Waals surface area contributed by atoms with Crippen molar-refractivity contribution >= 4 is 28.6 Å². The third kappa shape index (κ3) is 2.22. The molecule has 2 aromatic heterocycles. The minimum atomic E-state index is 0.232. The molecule has 2 heterocycles. The first-order valence-electron chi connectivity index (χ1n) is 5.67. The fourth-order valence-corrected chi connectivity index (χ4v) is 2.24. The summed E-state index contributed by atoms with van der Waals surface area (Å²) in [5.41, 5.74) is 7.54. The summed E-state index contributed by atoms with van der Waals surface area (Å²) in [6.45, 7) is 0. The third-order valence-electron chi connectivity index (χ3n) is 2.70. The topological polar surface area (TPSA) is 77.6 Å². The Bertz CT molecular complexity index is 739. The normalized spacial score (nSPS) is 10.8. The highest BCUT2D eigenvalue weighted by Crippen LogP contribution is 2.25. The Morgan fingerprint density at radius 3 is 2.74 bits per heavy atom. The van der Waals surface area contributed by atoms with E-state index in [1.165, 1.54) is 11.8 Å². The summed E-state index contributed by atoms with van der Waals surface area (Å²) in [5.74, 6) is 0.811. The summed E-state index contributed by atoms with van der Waals surface area (Å²) >= 11 is 1.44. The van der Waals surface area contributed by atoms with Crippen LogP contribution in [0.4, 0.5) is 5.95 Å². The van der Waals surface area contributed by atoms with E-state index < -0.39 is 0 Å². The van der Waals surface area contributed by atoms with Gasteiger partial charge in [0.05, 0.1) is 5.52 Å². The lowest BCUT2D eigenvalue weighted by atomic mass is 10.1. The van der Waals surface area contributed by atoms with Gasteiger partial charge in [0.15, 0.2) is 11.0 Å². The van der Waals surface area contributed by atoms with Crippen LogP contribution in [0.3, 0.4) is 0 Å². The molecule has 0 atom stereocenters. The second-order valence-electron chi connectivity index (χ2n) is 3.88. The van der Waals surface area contributed by atoms with E-state index in [1.54, 1.807) is 6.20 Å². The van der Waals surface area contributed by atoms with Gasteiger partial charge in [-0.1, -0.05) is 30.0 Å². The van der Waals surface area contributed by atoms with Crippen molar-refractivity contribution in [2.45, 2.75) is 5.16 Å². The first-order chi connectivity index (χ1) is 9.28. The maximum atomic E-state index is 5.73. The van der Waals surface area contributed by atoms with Gasteiger partial charge in [-0.2, -0.15) is 9.97 Å². The Balaban J connectivity index is 2.27. The Kier molecular flexibility index (Phi) is 3.00. The predicted octanol–water partition coefficient (Wildman–Crippen LogP) is 2.39. The minimum absolute atomic E-state index is 0.232. The number of aromatic nitrogens is 4. The van der Waals surface area contributed by atoms with Gasteiger partial charge in [0.25, 0.3) is 0 Å². The van der Waals surface area contributed by atoms with Crippen LogP contribution in [0.2, 0.25) is 0 Å². The Morgan fingerprint density at radius 1 is 1.05 bits per heavy atom. The highest BCUT2D eigenvalue weighted by atomic mass is 32.2. The van der Waals surface area contributed by atoms with Crippen LogP contribution in [-0.4, -0.2) is 26.2 Å². The maximum absolute atomic E-state index is 5.73. The summed E-state index contributed by atoms with van der Waals surface area (Å²) in [4.78, 5) is 17.0. The van der Waals surface area contributed by atoms with Crippen LogP contribution >= 0.6 is 11.8 Å². The number of benzene rings is 1. The molecule has 2 N–H and O–H groups in total. The summed E-state index contributed by atoms with van der Waals surface area (Å²) in [6, 6.07) is 9.76. The minimum Gasteiger partial charge on any atom is -0.368 e. The molecular formula is C13H11N5S. The number of fused-ring (bicyclic) bond motifs is 1. The van der Waals surface area contributed by atoms with Crippen LogP contribution in [0, 0.1) is 0 Å². The Hall–Kier alpha value is -2.21. The molecule has 0 saturated carbocycles. The number of nitrogens with two attached hydrogens (primary N) is 1. The van der Waals surface area contributed by atoms with Gasteiger partial charge < -0.3 is 5.73 Å². The van der Waals surface area contributed by atoms with Gasteiger partial charge in [-0.25, -0.2) is 4.98 Å². The van der Waals surface area contributed by atoms with Gasteiger partial charge in [-0.05, 0) is 18.4 Å². The number of anilines is 1. The number of hydrogen-bond donors (Lipinski definition) is 1. The lowest BCUT2D eigenvalue weighted by Gasteiger charge is -2.06. The molecular weight excluding hydrogens is 258 g/mol. The Morgan fingerprint density at radius 2 is 1.89 bits per heavy atom. The molecule has 0 amide bonds. The van der Waals surface area contributed by atoms with Crippen LogP contribution in [-0.2, 0) is 0 Å². The molecule has 3 rings (SSSR count). The van der Waals surface area contributed by atoms with E-state index in [2.05, 4.69) is 19.9 Å². The van der Waals surface area contributed by atoms with Gasteiger partial charge >= 0.3 is 0 Å². The number of rotatable bonds is 2. The lowest BCUT2D eigenvalue weighted by molar-refractivity contribution is 0.928. The Labute approximate surface area is 114 Å². The number of hydrogen-bond acceptors (Lipinski definition) is 6. The van der Waals surface area contributed by atoms with Crippen molar-refractivity contribution in [1.82, 2.24) is 19.9 Å². The molecule has 0 aliphatic heterocycles. The number of thioether (sulfide) groups is 1. The van der Waals surface area contributed by atoms with E-state index in [0.717, 1.165) is 16.5 Å². The second kappa shape index (κ2) is 4.81. The number of pyridine rings is 1. The third-order valence-corrected chi connectivity index (χ3v) is 3.25. The number of para-hydroxylation sites is 1. The van der Waals surface area contributed by atoms with Crippen molar-refractivity contribution in [1.29, 1.82) is 0 Å². The largest absolute Gasteiger partial charge is 0.368 e. The molecule has 0 aliphatic carbocycles. The summed E-state index contributed by atoms with van der Waals surface area (Å²) in [7, 11) is 0. The molecule has 0 radical (unpaired) electrons. The van der Waals surface area contributed by atoms with Gasteiger partial charge in [0.1, 0.15) is 0 Å². The molecule has 19 heavy (non-hydrogen) atoms. The fraction of sp³-hybridized carbons (Fsp3) is 0.0769. The SMILES string of the molecule is CSc1nc(N)nc(-c2ccnc3ccccc23)n1. The standard InChI is InChI=1S/C13H11N5S/c1-19-13-17-11(16-12(14)18-13)9-6-7-15-10-5-3-2-4-8(9)10/h2-7H,1H3,(H2,14,16,17,18). The summed E-state index contributed by atoms with van der Waals surface area (Å²) in [6.07, 6.45) is 3.65. The zero-order chi connectivity index (χ0) is 13.2. The average molecular weight is 269 g/mol. The number of nitrogen functional groups attached to an aromatic ring is 1. The maximum Gasteiger partial charge on any atom is 0.224 e. The molecule has 0 saturated heterocycles. The summed E-state index contributed by atoms with van der Waals surface area (Å²) < 4.78 is 0. The van der Waals surface area contributed by atoms with Gasteiger partial charge in [-0.3, -0.25) is 4.98 Å². The smallest absolute Gasteiger partial charge is 0.224 e. The van der Waals surface area contributed by atoms with Crippen LogP contribution in [0.25, 0.3) is 22.3 Å². The van der Waals surface area contributed by atoms with Crippen LogP contribution in [0.15, 0.2) is 41.7 Å². The quantitative estimate of drug-likeness (QED) is 0.720. The molecule has 3 aromatic rings. The molecule has 0 aliphatic rings. The van der Waals surface area contributed by atoms with E-state index >= 15 is 0 Å². The lowest BCUT2D eigenvalue weighted by Crippen LogP contribution is -2.01. The molecule has 0 spiro atoms. The number of nitrogens with zero attached hydrogens (tertiary/aromatic N) is 4. The van der Waals surface area contributed by atoms with E-state index in [1.807, 2.05) is 36.6 Å². The zero-order valence-corrected chi connectivity index (χ0v) is 11.1. The van der Waals surface area contributed by atoms with Gasteiger partial charge in [0, 0.05) is 17.1 Å². The predicted molar refractivity (Wildman–Crippen MR) is 76.8 cm³/mol. The van der Waals surface area contributed by atoms with E-state index in [4.69, 9.17) is 5.73 Å². The monoisotopic (exact) mass is 269 g/mol. The molecule has 0 fully saturated rings. The van der Waals surface area contributed by atoms with Crippen LogP contribution in [0.5, 0.6) is 0 Å². The van der Waals surface area contributed by atoms with E-state index in [0.29, 0.717) is 11.0 Å². The molecule has 1 aromatic carbocycles. The molecule has 0 unspecified atom stereocenters. The fourth-order valence-electron chi connectivity index (χ4n) is 1.87. The van der Waals surface area contributed by atoms with Crippen LogP contribution in [0.1, 0.15) is 0 Å². The second-order valence-corrected chi connectivity index (χ2v) is 4.65. The van der Waals surface area contributed by atoms with Crippen molar-refractivity contribution < 1.29 is 0 Å². The summed E-state index contributed by atoms with van der Waals surface area (Å²) in [5, 5.41) is 1.62. The highest BCUT2D eigenvalue weighted by Gasteiger charge is 2.09. The molecule has 6 heteroatoms. The van der Waals surface area contributed by atoms with Crippen molar-refractivity contribution in [3.63, 3.8) is 0 Å². The van der Waals surface area contributed by atoms with Crippen molar-refractivity contribution in [2.75, 3.05) is 12.0 Å². The van der Waals surface area contributed by atoms with Gasteiger partial charge in [-0.15, -0.1) is 0 Å². The first kappa shape index (κ1) is 11.9. The molecule has 5 nitrogen and oxygen atoms in total. The van der Waals surface area contributed by atoms with Gasteiger partial charge in [0.2, 0.25) is 5.95 Å². The van der Waals surface area contributed by atoms with Crippen molar-refractivity contribution in [2.24, 2.45) is 0 Å². The van der Waals surface area contributed by atoms with Crippen molar-refractivity contribution in [3.05, 3.63) is 36.5 Å². The molecule has 94 valence electrons. The van der Waals surface area contributed by atoms with E-state index in [9.17, 15) is 0 Å². The van der Waals surface area contributed by atoms with Crippen LogP contribution < -0.4 is 5.73 Å². The first-order valence-corrected chi connectivity index (χ1v) is 6.90. The average Bonchev–Trinajstić information content (AvgIpc) is 2.46.